The van der Waals surface area contributed by atoms with Crippen LogP contribution in [-0.4, -0.2) is 63.0 Å². The molecule has 0 saturated carbocycles. The normalized spacial score (nSPS) is 21.2. The summed E-state index contributed by atoms with van der Waals surface area (Å²) in [5, 5.41) is 13.6. The van der Waals surface area contributed by atoms with Gasteiger partial charge in [-0.05, 0) is 78.7 Å². The molecule has 0 spiro atoms. The van der Waals surface area contributed by atoms with Crippen molar-refractivity contribution in [1.82, 2.24) is 30.1 Å². The van der Waals surface area contributed by atoms with Gasteiger partial charge in [-0.3, -0.25) is 9.69 Å². The number of rotatable bonds is 6. The quantitative estimate of drug-likeness (QED) is 0.631. The van der Waals surface area contributed by atoms with Crippen molar-refractivity contribution in [3.8, 4) is 5.75 Å². The van der Waals surface area contributed by atoms with Crippen LogP contribution in [0.25, 0.3) is 10.9 Å². The summed E-state index contributed by atoms with van der Waals surface area (Å²) in [6.07, 6.45) is 4.35. The van der Waals surface area contributed by atoms with Crippen molar-refractivity contribution in [3.63, 3.8) is 0 Å². The van der Waals surface area contributed by atoms with Crippen LogP contribution in [0, 0.1) is 5.92 Å². The summed E-state index contributed by atoms with van der Waals surface area (Å²) in [5.74, 6) is 2.09. The van der Waals surface area contributed by atoms with Crippen LogP contribution < -0.4 is 10.3 Å². The van der Waals surface area contributed by atoms with Crippen LogP contribution in [0.1, 0.15) is 50.0 Å². The maximum absolute atomic E-state index is 13.3. The van der Waals surface area contributed by atoms with Gasteiger partial charge < -0.3 is 14.5 Å². The predicted octanol–water partition coefficient (Wildman–Crippen LogP) is 2.52. The number of nitrogens with zero attached hydrogens (tertiary/aromatic N) is 5. The zero-order valence-electron chi connectivity index (χ0n) is 18.7. The van der Waals surface area contributed by atoms with E-state index < -0.39 is 0 Å². The molecular formula is C23H30N6O3. The summed E-state index contributed by atoms with van der Waals surface area (Å²) in [5.41, 5.74) is 1.30. The van der Waals surface area contributed by atoms with E-state index in [1.807, 2.05) is 28.9 Å². The van der Waals surface area contributed by atoms with Gasteiger partial charge in [0.05, 0.1) is 25.3 Å². The minimum atomic E-state index is -0.311. The number of piperidine rings is 1. The Bertz CT molecular complexity index is 1130. The van der Waals surface area contributed by atoms with Crippen molar-refractivity contribution >= 4 is 10.9 Å². The third kappa shape index (κ3) is 4.14. The van der Waals surface area contributed by atoms with E-state index >= 15 is 0 Å². The van der Waals surface area contributed by atoms with E-state index in [1.165, 1.54) is 0 Å². The average Bonchev–Trinajstić information content (AvgIpc) is 3.48. The zero-order chi connectivity index (χ0) is 22.1. The van der Waals surface area contributed by atoms with Gasteiger partial charge in [-0.2, -0.15) is 0 Å². The first-order valence-electron chi connectivity index (χ1n) is 11.4. The van der Waals surface area contributed by atoms with Crippen molar-refractivity contribution < 1.29 is 9.47 Å². The number of likely N-dealkylation sites (tertiary alicyclic amines) is 1. The van der Waals surface area contributed by atoms with Crippen LogP contribution in [0.5, 0.6) is 5.75 Å². The first-order valence-corrected chi connectivity index (χ1v) is 11.4. The van der Waals surface area contributed by atoms with Crippen LogP contribution in [0.15, 0.2) is 29.1 Å². The van der Waals surface area contributed by atoms with Crippen molar-refractivity contribution in [2.75, 3.05) is 26.8 Å². The number of nitrogens with one attached hydrogen (secondary N) is 1. The molecule has 0 amide bonds. The number of aromatic nitrogens is 5. The third-order valence-electron chi connectivity index (χ3n) is 6.76. The zero-order valence-corrected chi connectivity index (χ0v) is 18.7. The van der Waals surface area contributed by atoms with Gasteiger partial charge in [-0.1, -0.05) is 6.92 Å². The van der Waals surface area contributed by atoms with Crippen molar-refractivity contribution in [1.29, 1.82) is 0 Å². The van der Waals surface area contributed by atoms with Crippen molar-refractivity contribution in [2.24, 2.45) is 5.92 Å². The van der Waals surface area contributed by atoms with Crippen LogP contribution in [-0.2, 0) is 11.3 Å². The highest BCUT2D eigenvalue weighted by Crippen LogP contribution is 2.31. The second-order valence-corrected chi connectivity index (χ2v) is 8.98. The summed E-state index contributed by atoms with van der Waals surface area (Å²) < 4.78 is 13.0. The van der Waals surface area contributed by atoms with Gasteiger partial charge in [-0.15, -0.1) is 5.10 Å². The highest BCUT2D eigenvalue weighted by atomic mass is 16.5. The maximum Gasteiger partial charge on any atom is 0.253 e. The lowest BCUT2D eigenvalue weighted by molar-refractivity contribution is 0.0894. The van der Waals surface area contributed by atoms with Crippen molar-refractivity contribution in [2.45, 2.75) is 51.3 Å². The second-order valence-electron chi connectivity index (χ2n) is 8.98. The topological polar surface area (TPSA) is 98.2 Å². The van der Waals surface area contributed by atoms with Crippen molar-refractivity contribution in [3.05, 3.63) is 46.0 Å². The molecule has 2 saturated heterocycles. The molecule has 4 heterocycles. The first kappa shape index (κ1) is 21.1. The van der Waals surface area contributed by atoms with Crippen LogP contribution >= 0.6 is 0 Å². The van der Waals surface area contributed by atoms with E-state index in [-0.39, 0.29) is 17.7 Å². The highest BCUT2D eigenvalue weighted by molar-refractivity contribution is 5.80. The van der Waals surface area contributed by atoms with Gasteiger partial charge in [0, 0.05) is 18.2 Å². The molecule has 2 fully saturated rings. The fraction of sp³-hybridized carbons (Fsp3) is 0.565. The molecule has 170 valence electrons. The molecule has 0 aliphatic carbocycles. The first-order chi connectivity index (χ1) is 15.6. The molecule has 0 radical (unpaired) electrons. The molecule has 1 aromatic carbocycles. The fourth-order valence-electron chi connectivity index (χ4n) is 4.83. The van der Waals surface area contributed by atoms with E-state index in [0.717, 1.165) is 56.3 Å². The molecule has 2 aromatic heterocycles. The molecule has 2 aliphatic heterocycles. The molecule has 2 unspecified atom stereocenters. The number of aromatic amines is 1. The third-order valence-corrected chi connectivity index (χ3v) is 6.76. The Morgan fingerprint density at radius 3 is 2.84 bits per heavy atom. The number of hydrogen-bond acceptors (Lipinski definition) is 7. The molecule has 9 nitrogen and oxygen atoms in total. The monoisotopic (exact) mass is 438 g/mol. The highest BCUT2D eigenvalue weighted by Gasteiger charge is 2.33. The molecule has 9 heteroatoms. The Hall–Kier alpha value is -2.78. The average molecular weight is 439 g/mol. The summed E-state index contributed by atoms with van der Waals surface area (Å²) in [6, 6.07) is 7.39. The molecule has 5 rings (SSSR count). The number of ether oxygens (including phenoxy) is 2. The van der Waals surface area contributed by atoms with Gasteiger partial charge in [0.1, 0.15) is 11.8 Å². The van der Waals surface area contributed by atoms with Gasteiger partial charge in [0.15, 0.2) is 5.82 Å². The lowest BCUT2D eigenvalue weighted by Gasteiger charge is -2.36. The Morgan fingerprint density at radius 2 is 2.09 bits per heavy atom. The number of fused-ring (bicyclic) bond motifs is 1. The summed E-state index contributed by atoms with van der Waals surface area (Å²) in [6.45, 7) is 5.47. The van der Waals surface area contributed by atoms with Crippen LogP contribution in [0.2, 0.25) is 0 Å². The van der Waals surface area contributed by atoms with Gasteiger partial charge in [0.25, 0.3) is 5.56 Å². The minimum absolute atomic E-state index is 0.113. The molecule has 0 bridgehead atoms. The lowest BCUT2D eigenvalue weighted by Crippen LogP contribution is -2.40. The number of methoxy groups -OCH3 is 1. The van der Waals surface area contributed by atoms with E-state index in [1.54, 1.807) is 7.11 Å². The number of tetrazole rings is 1. The smallest absolute Gasteiger partial charge is 0.253 e. The van der Waals surface area contributed by atoms with Crippen LogP contribution in [0.3, 0.4) is 0 Å². The van der Waals surface area contributed by atoms with E-state index in [9.17, 15) is 4.79 Å². The van der Waals surface area contributed by atoms with Gasteiger partial charge in [0.2, 0.25) is 0 Å². The van der Waals surface area contributed by atoms with Gasteiger partial charge >= 0.3 is 0 Å². The SMILES string of the molecule is COc1ccc2cc(C(c3nnnn3CC3CCCO3)N3CCC(C)CC3)c(=O)[nH]c2c1. The Balaban J connectivity index is 1.57. The lowest BCUT2D eigenvalue weighted by atomic mass is 9.95. The Morgan fingerprint density at radius 1 is 1.25 bits per heavy atom. The van der Waals surface area contributed by atoms with E-state index in [2.05, 4.69) is 32.3 Å². The Labute approximate surface area is 186 Å². The second kappa shape index (κ2) is 8.99. The maximum atomic E-state index is 13.3. The number of H-pyrrole nitrogens is 1. The molecule has 1 N–H and O–H groups in total. The number of hydrogen-bond donors (Lipinski definition) is 1. The summed E-state index contributed by atoms with van der Waals surface area (Å²) in [7, 11) is 1.62. The van der Waals surface area contributed by atoms with Crippen LogP contribution in [0.4, 0.5) is 0 Å². The number of pyridine rings is 1. The Kier molecular flexibility index (Phi) is 5.93. The molecule has 2 aliphatic rings. The summed E-state index contributed by atoms with van der Waals surface area (Å²) >= 11 is 0. The number of benzene rings is 1. The fourth-order valence-corrected chi connectivity index (χ4v) is 4.83. The van der Waals surface area contributed by atoms with E-state index in [0.29, 0.717) is 29.6 Å². The largest absolute Gasteiger partial charge is 0.497 e. The summed E-state index contributed by atoms with van der Waals surface area (Å²) in [4.78, 5) is 18.7. The van der Waals surface area contributed by atoms with E-state index in [4.69, 9.17) is 9.47 Å². The molecule has 2 atom stereocenters. The van der Waals surface area contributed by atoms with Gasteiger partial charge in [-0.25, -0.2) is 4.68 Å². The molecule has 32 heavy (non-hydrogen) atoms. The predicted molar refractivity (Wildman–Crippen MR) is 120 cm³/mol. The standard InChI is InChI=1S/C23H30N6O3/c1-15-7-9-28(10-8-15)21(22-25-26-27-29(22)14-18-4-3-11-32-18)19-12-16-5-6-17(31-2)13-20(16)24-23(19)30/h5-6,12-13,15,18,21H,3-4,7-11,14H2,1-2H3,(H,24,30). The minimum Gasteiger partial charge on any atom is -0.497 e. The molecular weight excluding hydrogens is 408 g/mol. The molecule has 3 aromatic rings.